The second-order valence-corrected chi connectivity index (χ2v) is 7.54. The van der Waals surface area contributed by atoms with Gasteiger partial charge in [0.1, 0.15) is 11.3 Å². The van der Waals surface area contributed by atoms with Gasteiger partial charge in [-0.1, -0.05) is 13.0 Å². The number of amides is 1. The van der Waals surface area contributed by atoms with Crippen molar-refractivity contribution in [3.63, 3.8) is 0 Å². The number of thiophene rings is 1. The predicted octanol–water partition coefficient (Wildman–Crippen LogP) is 4.53. The first-order chi connectivity index (χ1) is 14.2. The van der Waals surface area contributed by atoms with Gasteiger partial charge in [-0.25, -0.2) is 0 Å². The zero-order valence-corrected chi connectivity index (χ0v) is 17.1. The molecule has 0 saturated heterocycles. The molecule has 1 amide bonds. The van der Waals surface area contributed by atoms with Crippen molar-refractivity contribution in [3.8, 4) is 16.5 Å². The quantitative estimate of drug-likeness (QED) is 0.424. The van der Waals surface area contributed by atoms with Crippen LogP contribution in [0.3, 0.4) is 0 Å². The molecule has 0 aliphatic carbocycles. The Morgan fingerprint density at radius 1 is 1.28 bits per heavy atom. The highest BCUT2D eigenvalue weighted by Crippen LogP contribution is 2.27. The number of carbonyl (C=O) groups is 1. The molecule has 4 aromatic rings. The minimum atomic E-state index is -0.0127. The number of methoxy groups -OCH3 is 1. The van der Waals surface area contributed by atoms with Gasteiger partial charge in [0.05, 0.1) is 31.2 Å². The molecule has 0 unspecified atom stereocenters. The summed E-state index contributed by atoms with van der Waals surface area (Å²) in [6.45, 7) is 2.93. The van der Waals surface area contributed by atoms with E-state index in [9.17, 15) is 4.79 Å². The average Bonchev–Trinajstić information content (AvgIpc) is 3.48. The highest BCUT2D eigenvalue weighted by Gasteiger charge is 2.20. The van der Waals surface area contributed by atoms with Crippen LogP contribution in [0.2, 0.25) is 0 Å². The van der Waals surface area contributed by atoms with E-state index in [4.69, 9.17) is 13.6 Å². The lowest BCUT2D eigenvalue weighted by molar-refractivity contribution is -0.131. The first kappa shape index (κ1) is 19.2. The Morgan fingerprint density at radius 2 is 2.17 bits per heavy atom. The van der Waals surface area contributed by atoms with Gasteiger partial charge in [0.2, 0.25) is 11.8 Å². The molecule has 29 heavy (non-hydrogen) atoms. The van der Waals surface area contributed by atoms with E-state index in [1.165, 1.54) is 11.3 Å². The van der Waals surface area contributed by atoms with E-state index in [-0.39, 0.29) is 18.9 Å². The van der Waals surface area contributed by atoms with Crippen molar-refractivity contribution in [2.75, 3.05) is 13.7 Å². The summed E-state index contributed by atoms with van der Waals surface area (Å²) in [6.07, 6.45) is 2.71. The van der Waals surface area contributed by atoms with Gasteiger partial charge in [0, 0.05) is 23.6 Å². The summed E-state index contributed by atoms with van der Waals surface area (Å²) >= 11 is 1.54. The molecule has 7 nitrogen and oxygen atoms in total. The molecule has 0 atom stereocenters. The van der Waals surface area contributed by atoms with Gasteiger partial charge in [-0.3, -0.25) is 4.79 Å². The number of rotatable bonds is 8. The summed E-state index contributed by atoms with van der Waals surface area (Å²) in [6, 6.07) is 9.45. The summed E-state index contributed by atoms with van der Waals surface area (Å²) in [5, 5.41) is 11.1. The van der Waals surface area contributed by atoms with Crippen LogP contribution in [0.5, 0.6) is 5.75 Å². The zero-order valence-electron chi connectivity index (χ0n) is 16.3. The summed E-state index contributed by atoms with van der Waals surface area (Å²) in [7, 11) is 1.61. The van der Waals surface area contributed by atoms with Crippen LogP contribution in [0.4, 0.5) is 0 Å². The van der Waals surface area contributed by atoms with Crippen molar-refractivity contribution in [3.05, 3.63) is 53.4 Å². The molecule has 0 fully saturated rings. The van der Waals surface area contributed by atoms with Gasteiger partial charge in [-0.2, -0.15) is 0 Å². The topological polar surface area (TPSA) is 81.6 Å². The first-order valence-electron chi connectivity index (χ1n) is 9.36. The lowest BCUT2D eigenvalue weighted by Gasteiger charge is -2.20. The lowest BCUT2D eigenvalue weighted by atomic mass is 10.1. The van der Waals surface area contributed by atoms with E-state index in [1.807, 2.05) is 42.6 Å². The maximum absolute atomic E-state index is 13.0. The number of ether oxygens (including phenoxy) is 1. The van der Waals surface area contributed by atoms with Crippen LogP contribution in [0.25, 0.3) is 21.7 Å². The Bertz CT molecular complexity index is 1100. The molecule has 0 spiro atoms. The molecule has 3 aromatic heterocycles. The molecule has 8 heteroatoms. The third kappa shape index (κ3) is 4.17. The van der Waals surface area contributed by atoms with E-state index in [0.29, 0.717) is 23.9 Å². The van der Waals surface area contributed by atoms with Crippen molar-refractivity contribution in [2.24, 2.45) is 0 Å². The number of furan rings is 1. The normalized spacial score (nSPS) is 11.1. The first-order valence-corrected chi connectivity index (χ1v) is 10.2. The smallest absolute Gasteiger partial charge is 0.257 e. The molecule has 0 radical (unpaired) electrons. The minimum Gasteiger partial charge on any atom is -0.497 e. The maximum Gasteiger partial charge on any atom is 0.257 e. The van der Waals surface area contributed by atoms with E-state index < -0.39 is 0 Å². The molecule has 4 rings (SSSR count). The number of fused-ring (bicyclic) bond motifs is 1. The summed E-state index contributed by atoms with van der Waals surface area (Å²) < 4.78 is 16.6. The van der Waals surface area contributed by atoms with Crippen molar-refractivity contribution in [1.29, 1.82) is 0 Å². The van der Waals surface area contributed by atoms with Crippen LogP contribution in [0, 0.1) is 0 Å². The van der Waals surface area contributed by atoms with Crippen molar-refractivity contribution in [2.45, 2.75) is 26.3 Å². The molecule has 0 aliphatic heterocycles. The SMILES string of the molecule is CCCN(Cc1nnc(-c2cccs2)o1)C(=O)Cc1coc2cc(OC)ccc12. The molecule has 150 valence electrons. The molecule has 0 saturated carbocycles. The minimum absolute atomic E-state index is 0.0127. The fourth-order valence-electron chi connectivity index (χ4n) is 3.14. The zero-order chi connectivity index (χ0) is 20.2. The summed E-state index contributed by atoms with van der Waals surface area (Å²) in [5.74, 6) is 1.61. The van der Waals surface area contributed by atoms with Gasteiger partial charge >= 0.3 is 0 Å². The van der Waals surface area contributed by atoms with Crippen LogP contribution in [0.15, 0.2) is 50.8 Å². The van der Waals surface area contributed by atoms with E-state index in [1.54, 1.807) is 18.3 Å². The number of benzene rings is 1. The molecular weight excluding hydrogens is 390 g/mol. The molecule has 3 heterocycles. The fraction of sp³-hybridized carbons (Fsp3) is 0.286. The van der Waals surface area contributed by atoms with Gasteiger partial charge in [0.15, 0.2) is 0 Å². The standard InChI is InChI=1S/C21H21N3O4S/c1-3-8-24(12-19-22-23-21(28-19)18-5-4-9-29-18)20(25)10-14-13-27-17-11-15(26-2)6-7-16(14)17/h4-7,9,11,13H,3,8,10,12H2,1-2H3. The highest BCUT2D eigenvalue weighted by atomic mass is 32.1. The second kappa shape index (κ2) is 8.48. The third-order valence-corrected chi connectivity index (χ3v) is 5.43. The van der Waals surface area contributed by atoms with Gasteiger partial charge in [-0.05, 0) is 30.0 Å². The number of carbonyl (C=O) groups excluding carboxylic acids is 1. The molecule has 0 aliphatic rings. The Labute approximate surface area is 171 Å². The largest absolute Gasteiger partial charge is 0.497 e. The van der Waals surface area contributed by atoms with E-state index in [2.05, 4.69) is 10.2 Å². The Morgan fingerprint density at radius 3 is 2.93 bits per heavy atom. The molecule has 1 aromatic carbocycles. The Hall–Kier alpha value is -3.13. The number of hydrogen-bond acceptors (Lipinski definition) is 7. The van der Waals surface area contributed by atoms with Gasteiger partial charge < -0.3 is 18.5 Å². The average molecular weight is 411 g/mol. The second-order valence-electron chi connectivity index (χ2n) is 6.59. The number of aromatic nitrogens is 2. The van der Waals surface area contributed by atoms with Gasteiger partial charge in [0.25, 0.3) is 5.89 Å². The van der Waals surface area contributed by atoms with E-state index >= 15 is 0 Å². The van der Waals surface area contributed by atoms with Crippen LogP contribution < -0.4 is 4.74 Å². The Balaban J connectivity index is 1.49. The third-order valence-electron chi connectivity index (χ3n) is 4.58. The van der Waals surface area contributed by atoms with Crippen LogP contribution in [-0.4, -0.2) is 34.7 Å². The number of nitrogens with zero attached hydrogens (tertiary/aromatic N) is 3. The predicted molar refractivity (Wildman–Crippen MR) is 110 cm³/mol. The van der Waals surface area contributed by atoms with Crippen LogP contribution >= 0.6 is 11.3 Å². The van der Waals surface area contributed by atoms with Crippen LogP contribution in [0.1, 0.15) is 24.8 Å². The fourth-order valence-corrected chi connectivity index (χ4v) is 3.79. The molecular formula is C21H21N3O4S. The van der Waals surface area contributed by atoms with Crippen molar-refractivity contribution < 1.29 is 18.4 Å². The Kier molecular flexibility index (Phi) is 5.62. The molecule has 0 bridgehead atoms. The summed E-state index contributed by atoms with van der Waals surface area (Å²) in [5.41, 5.74) is 1.55. The monoisotopic (exact) mass is 411 g/mol. The van der Waals surface area contributed by atoms with Gasteiger partial charge in [-0.15, -0.1) is 21.5 Å². The maximum atomic E-state index is 13.0. The van der Waals surface area contributed by atoms with Crippen molar-refractivity contribution in [1.82, 2.24) is 15.1 Å². The number of hydrogen-bond donors (Lipinski definition) is 0. The lowest BCUT2D eigenvalue weighted by Crippen LogP contribution is -2.32. The summed E-state index contributed by atoms with van der Waals surface area (Å²) in [4.78, 5) is 15.6. The molecule has 0 N–H and O–H groups in total. The van der Waals surface area contributed by atoms with E-state index in [0.717, 1.165) is 28.0 Å². The highest BCUT2D eigenvalue weighted by molar-refractivity contribution is 7.13. The van der Waals surface area contributed by atoms with Crippen LogP contribution in [-0.2, 0) is 17.8 Å². The van der Waals surface area contributed by atoms with Crippen molar-refractivity contribution >= 4 is 28.2 Å².